The predicted octanol–water partition coefficient (Wildman–Crippen LogP) is 4.47. The number of rotatable bonds is 3. The fourth-order valence-electron chi connectivity index (χ4n) is 2.12. The van der Waals surface area contributed by atoms with E-state index in [4.69, 9.17) is 0 Å². The maximum Gasteiger partial charge on any atom is 0.0734 e. The number of nitriles is 1. The summed E-state index contributed by atoms with van der Waals surface area (Å²) in [5.74, 6) is 0.00456. The number of hydrogen-bond donors (Lipinski definition) is 0. The number of nitrogens with zero attached hydrogens (tertiary/aromatic N) is 1. The van der Waals surface area contributed by atoms with Crippen LogP contribution in [0.5, 0.6) is 0 Å². The van der Waals surface area contributed by atoms with Crippen LogP contribution in [0.3, 0.4) is 0 Å². The van der Waals surface area contributed by atoms with Crippen LogP contribution in [0.4, 0.5) is 0 Å². The predicted molar refractivity (Wildman–Crippen MR) is 68.8 cm³/mol. The molecule has 0 N–H and O–H groups in total. The Balaban J connectivity index is 3.08. The van der Waals surface area contributed by atoms with E-state index in [0.717, 1.165) is 12.8 Å². The molecule has 1 heteroatoms. The lowest BCUT2D eigenvalue weighted by Crippen LogP contribution is -2.26. The number of allylic oxidation sites excluding steroid dienone is 4. The Labute approximate surface area is 99.9 Å². The molecule has 1 aliphatic rings. The van der Waals surface area contributed by atoms with E-state index >= 15 is 0 Å². The summed E-state index contributed by atoms with van der Waals surface area (Å²) < 4.78 is 0. The van der Waals surface area contributed by atoms with Crippen LogP contribution in [0.15, 0.2) is 23.8 Å². The maximum atomic E-state index is 9.23. The summed E-state index contributed by atoms with van der Waals surface area (Å²) in [6.07, 6.45) is 8.84. The third-order valence-electron chi connectivity index (χ3n) is 4.24. The Morgan fingerprint density at radius 3 is 2.38 bits per heavy atom. The fraction of sp³-hybridized carbons (Fsp3) is 0.667. The van der Waals surface area contributed by atoms with Gasteiger partial charge in [0.05, 0.1) is 12.0 Å². The van der Waals surface area contributed by atoms with Gasteiger partial charge in [0.15, 0.2) is 0 Å². The van der Waals surface area contributed by atoms with Gasteiger partial charge in [-0.1, -0.05) is 52.8 Å². The van der Waals surface area contributed by atoms with Gasteiger partial charge in [0.2, 0.25) is 0 Å². The van der Waals surface area contributed by atoms with Crippen molar-refractivity contribution in [1.29, 1.82) is 5.26 Å². The SMILES string of the molecule is CCC(C)(CC)C1=CC(C#N)C(C)(C)C=C1. The lowest BCUT2D eigenvalue weighted by atomic mass is 9.68. The largest absolute Gasteiger partial charge is 0.198 e. The topological polar surface area (TPSA) is 23.8 Å². The normalized spacial score (nSPS) is 23.8. The second-order valence-corrected chi connectivity index (χ2v) is 5.65. The average molecular weight is 217 g/mol. The standard InChI is InChI=1S/C15H23N/c1-6-15(5,7-2)12-8-9-14(3,4)13(10-12)11-16/h8-10,13H,6-7H2,1-5H3. The highest BCUT2D eigenvalue weighted by atomic mass is 14.4. The van der Waals surface area contributed by atoms with Gasteiger partial charge >= 0.3 is 0 Å². The van der Waals surface area contributed by atoms with E-state index in [0.29, 0.717) is 0 Å². The van der Waals surface area contributed by atoms with Crippen LogP contribution in [0.1, 0.15) is 47.5 Å². The molecule has 0 aromatic heterocycles. The molecule has 1 nitrogen and oxygen atoms in total. The van der Waals surface area contributed by atoms with E-state index in [1.54, 1.807) is 0 Å². The summed E-state index contributed by atoms with van der Waals surface area (Å²) in [7, 11) is 0. The van der Waals surface area contributed by atoms with Crippen LogP contribution in [-0.2, 0) is 0 Å². The van der Waals surface area contributed by atoms with Crippen molar-refractivity contribution in [3.05, 3.63) is 23.8 Å². The van der Waals surface area contributed by atoms with Crippen molar-refractivity contribution in [3.63, 3.8) is 0 Å². The van der Waals surface area contributed by atoms with Crippen LogP contribution >= 0.6 is 0 Å². The summed E-state index contributed by atoms with van der Waals surface area (Å²) in [5.41, 5.74) is 1.53. The average Bonchev–Trinajstić information content (AvgIpc) is 2.27. The Morgan fingerprint density at radius 1 is 1.38 bits per heavy atom. The van der Waals surface area contributed by atoms with Crippen LogP contribution < -0.4 is 0 Å². The van der Waals surface area contributed by atoms with Crippen molar-refractivity contribution >= 4 is 0 Å². The molecule has 1 atom stereocenters. The first kappa shape index (κ1) is 13.0. The minimum Gasteiger partial charge on any atom is -0.198 e. The van der Waals surface area contributed by atoms with E-state index in [1.807, 2.05) is 0 Å². The zero-order chi connectivity index (χ0) is 12.4. The molecule has 0 aromatic carbocycles. The zero-order valence-electron chi connectivity index (χ0n) is 11.2. The molecule has 0 radical (unpaired) electrons. The molecule has 1 rings (SSSR count). The fourth-order valence-corrected chi connectivity index (χ4v) is 2.12. The van der Waals surface area contributed by atoms with Gasteiger partial charge in [0.25, 0.3) is 0 Å². The molecule has 1 unspecified atom stereocenters. The van der Waals surface area contributed by atoms with Crippen molar-refractivity contribution in [2.75, 3.05) is 0 Å². The lowest BCUT2D eigenvalue weighted by Gasteiger charge is -2.35. The Kier molecular flexibility index (Phi) is 3.63. The highest BCUT2D eigenvalue weighted by molar-refractivity contribution is 5.35. The van der Waals surface area contributed by atoms with Gasteiger partial charge in [-0.05, 0) is 23.8 Å². The molecular weight excluding hydrogens is 194 g/mol. The van der Waals surface area contributed by atoms with E-state index < -0.39 is 0 Å². The Hall–Kier alpha value is -1.03. The second kappa shape index (κ2) is 4.45. The molecule has 0 fully saturated rings. The molecule has 1 aliphatic carbocycles. The van der Waals surface area contributed by atoms with Gasteiger partial charge in [-0.2, -0.15) is 5.26 Å². The van der Waals surface area contributed by atoms with Crippen molar-refractivity contribution in [1.82, 2.24) is 0 Å². The van der Waals surface area contributed by atoms with Crippen molar-refractivity contribution in [2.24, 2.45) is 16.7 Å². The summed E-state index contributed by atoms with van der Waals surface area (Å²) in [6, 6.07) is 2.42. The van der Waals surface area contributed by atoms with Crippen molar-refractivity contribution in [3.8, 4) is 6.07 Å². The van der Waals surface area contributed by atoms with Crippen LogP contribution in [0, 0.1) is 28.1 Å². The molecular formula is C15H23N. The Morgan fingerprint density at radius 2 is 1.94 bits per heavy atom. The quantitative estimate of drug-likeness (QED) is 0.684. The Bertz CT molecular complexity index is 348. The van der Waals surface area contributed by atoms with E-state index in [1.165, 1.54) is 5.57 Å². The van der Waals surface area contributed by atoms with Crippen LogP contribution in [0.25, 0.3) is 0 Å². The molecule has 0 saturated carbocycles. The van der Waals surface area contributed by atoms with Crippen LogP contribution in [-0.4, -0.2) is 0 Å². The molecule has 88 valence electrons. The summed E-state index contributed by atoms with van der Waals surface area (Å²) in [6.45, 7) is 11.0. The van der Waals surface area contributed by atoms with Gasteiger partial charge < -0.3 is 0 Å². The molecule has 0 heterocycles. The number of hydrogen-bond acceptors (Lipinski definition) is 1. The third kappa shape index (κ3) is 2.21. The molecule has 0 aromatic rings. The minimum absolute atomic E-state index is 0.00456. The summed E-state index contributed by atoms with van der Waals surface area (Å²) in [5, 5.41) is 9.23. The van der Waals surface area contributed by atoms with Gasteiger partial charge in [-0.15, -0.1) is 0 Å². The summed E-state index contributed by atoms with van der Waals surface area (Å²) in [4.78, 5) is 0. The van der Waals surface area contributed by atoms with Crippen LogP contribution in [0.2, 0.25) is 0 Å². The monoisotopic (exact) mass is 217 g/mol. The molecule has 16 heavy (non-hydrogen) atoms. The molecule has 0 amide bonds. The molecule has 0 bridgehead atoms. The summed E-state index contributed by atoms with van der Waals surface area (Å²) >= 11 is 0. The second-order valence-electron chi connectivity index (χ2n) is 5.65. The first-order chi connectivity index (χ1) is 7.39. The first-order valence-corrected chi connectivity index (χ1v) is 6.20. The zero-order valence-corrected chi connectivity index (χ0v) is 11.2. The molecule has 0 spiro atoms. The highest BCUT2D eigenvalue weighted by Gasteiger charge is 2.32. The van der Waals surface area contributed by atoms with Gasteiger partial charge in [-0.25, -0.2) is 0 Å². The van der Waals surface area contributed by atoms with Gasteiger partial charge in [0.1, 0.15) is 0 Å². The maximum absolute atomic E-state index is 9.23. The van der Waals surface area contributed by atoms with E-state index in [-0.39, 0.29) is 16.7 Å². The van der Waals surface area contributed by atoms with Crippen molar-refractivity contribution < 1.29 is 0 Å². The first-order valence-electron chi connectivity index (χ1n) is 6.20. The molecule has 0 aliphatic heterocycles. The van der Waals surface area contributed by atoms with Crippen molar-refractivity contribution in [2.45, 2.75) is 47.5 Å². The van der Waals surface area contributed by atoms with E-state index in [9.17, 15) is 5.26 Å². The molecule has 0 saturated heterocycles. The highest BCUT2D eigenvalue weighted by Crippen LogP contribution is 2.42. The third-order valence-corrected chi connectivity index (χ3v) is 4.24. The van der Waals surface area contributed by atoms with Gasteiger partial charge in [-0.3, -0.25) is 0 Å². The van der Waals surface area contributed by atoms with Gasteiger partial charge in [0, 0.05) is 5.41 Å². The van der Waals surface area contributed by atoms with E-state index in [2.05, 4.69) is 58.9 Å². The minimum atomic E-state index is -0.0271. The smallest absolute Gasteiger partial charge is 0.0734 e. The lowest BCUT2D eigenvalue weighted by molar-refractivity contribution is 0.349.